The third-order valence-corrected chi connectivity index (χ3v) is 4.51. The summed E-state index contributed by atoms with van der Waals surface area (Å²) < 4.78 is 17.9. The zero-order chi connectivity index (χ0) is 18.3. The van der Waals surface area contributed by atoms with Crippen LogP contribution in [0.25, 0.3) is 11.0 Å². The molecule has 0 spiro atoms. The maximum Gasteiger partial charge on any atom is 0.343 e. The zero-order valence-electron chi connectivity index (χ0n) is 15.2. The second-order valence-electron chi connectivity index (χ2n) is 7.61. The molecule has 0 amide bonds. The molecule has 4 nitrogen and oxygen atoms in total. The van der Waals surface area contributed by atoms with Gasteiger partial charge in [0.15, 0.2) is 0 Å². The molecule has 2 aromatic carbocycles. The number of para-hydroxylation sites is 1. The molecule has 0 radical (unpaired) electrons. The molecule has 1 aliphatic rings. The van der Waals surface area contributed by atoms with Crippen LogP contribution in [0.5, 0.6) is 5.75 Å². The molecular formula is C22H22O4. The Balaban J connectivity index is 1.91. The Morgan fingerprint density at radius 3 is 2.42 bits per heavy atom. The molecular weight excluding hydrogens is 328 g/mol. The fourth-order valence-electron chi connectivity index (χ4n) is 3.51. The minimum atomic E-state index is -0.432. The number of hydrogen-bond acceptors (Lipinski definition) is 4. The monoisotopic (exact) mass is 350 g/mol. The third-order valence-electron chi connectivity index (χ3n) is 4.51. The molecule has 0 N–H and O–H groups in total. The summed E-state index contributed by atoms with van der Waals surface area (Å²) in [5, 5.41) is 0.797. The number of rotatable bonds is 2. The van der Waals surface area contributed by atoms with Gasteiger partial charge in [-0.15, -0.1) is 0 Å². The zero-order valence-corrected chi connectivity index (χ0v) is 15.2. The summed E-state index contributed by atoms with van der Waals surface area (Å²) in [7, 11) is 0. The Kier molecular flexibility index (Phi) is 4.08. The van der Waals surface area contributed by atoms with E-state index in [9.17, 15) is 4.79 Å². The van der Waals surface area contributed by atoms with Crippen LogP contribution < -0.4 is 10.4 Å². The van der Waals surface area contributed by atoms with E-state index in [-0.39, 0.29) is 17.1 Å². The highest BCUT2D eigenvalue weighted by atomic mass is 16.7. The van der Waals surface area contributed by atoms with Gasteiger partial charge < -0.3 is 13.9 Å². The van der Waals surface area contributed by atoms with E-state index in [1.54, 1.807) is 6.07 Å². The third kappa shape index (κ3) is 3.13. The Morgan fingerprint density at radius 1 is 1.00 bits per heavy atom. The molecule has 2 atom stereocenters. The molecule has 0 saturated heterocycles. The average Bonchev–Trinajstić information content (AvgIpc) is 2.60. The van der Waals surface area contributed by atoms with Crippen LogP contribution in [-0.2, 0) is 4.74 Å². The Morgan fingerprint density at radius 2 is 1.69 bits per heavy atom. The van der Waals surface area contributed by atoms with Crippen molar-refractivity contribution in [1.82, 2.24) is 0 Å². The predicted octanol–water partition coefficient (Wildman–Crippen LogP) is 4.85. The molecule has 1 aromatic heterocycles. The van der Waals surface area contributed by atoms with Crippen molar-refractivity contribution in [1.29, 1.82) is 0 Å². The van der Waals surface area contributed by atoms with E-state index in [2.05, 4.69) is 0 Å². The van der Waals surface area contributed by atoms with Crippen molar-refractivity contribution in [2.75, 3.05) is 0 Å². The highest BCUT2D eigenvalue weighted by Crippen LogP contribution is 2.43. The Bertz CT molecular complexity index is 982. The lowest BCUT2D eigenvalue weighted by atomic mass is 9.86. The van der Waals surface area contributed by atoms with Crippen LogP contribution in [0, 0.1) is 0 Å². The van der Waals surface area contributed by atoms with Crippen molar-refractivity contribution in [2.45, 2.75) is 45.0 Å². The molecule has 26 heavy (non-hydrogen) atoms. The summed E-state index contributed by atoms with van der Waals surface area (Å²) in [6, 6.07) is 17.4. The maximum atomic E-state index is 12.8. The second-order valence-corrected chi connectivity index (χ2v) is 7.61. The molecule has 2 heterocycles. The number of fused-ring (bicyclic) bond motifs is 3. The molecule has 1 aliphatic heterocycles. The first kappa shape index (κ1) is 16.9. The topological polar surface area (TPSA) is 48.7 Å². The van der Waals surface area contributed by atoms with Crippen LogP contribution in [0.1, 0.15) is 44.2 Å². The molecule has 0 aliphatic carbocycles. The SMILES string of the molecule is CC(C)(C)O[C@H]1C[C@H](c2ccccc2)c2c(c3ccccc3oc2=O)O1. The van der Waals surface area contributed by atoms with Gasteiger partial charge >= 0.3 is 5.63 Å². The predicted molar refractivity (Wildman–Crippen MR) is 101 cm³/mol. The molecule has 4 heteroatoms. The molecule has 0 fully saturated rings. The minimum absolute atomic E-state index is 0.131. The van der Waals surface area contributed by atoms with E-state index >= 15 is 0 Å². The van der Waals surface area contributed by atoms with Crippen molar-refractivity contribution >= 4 is 11.0 Å². The molecule has 0 unspecified atom stereocenters. The van der Waals surface area contributed by atoms with E-state index in [1.165, 1.54) is 0 Å². The molecule has 0 saturated carbocycles. The van der Waals surface area contributed by atoms with Gasteiger partial charge in [-0.2, -0.15) is 0 Å². The summed E-state index contributed by atoms with van der Waals surface area (Å²) in [4.78, 5) is 12.8. The molecule has 4 rings (SSSR count). The largest absolute Gasteiger partial charge is 0.464 e. The first-order valence-corrected chi connectivity index (χ1v) is 8.87. The quantitative estimate of drug-likeness (QED) is 0.620. The van der Waals surface area contributed by atoms with Gasteiger partial charge in [0.05, 0.1) is 16.6 Å². The van der Waals surface area contributed by atoms with Crippen LogP contribution in [-0.4, -0.2) is 11.9 Å². The van der Waals surface area contributed by atoms with Gasteiger partial charge in [0, 0.05) is 12.3 Å². The number of hydrogen-bond donors (Lipinski definition) is 0. The highest BCUT2D eigenvalue weighted by Gasteiger charge is 2.36. The van der Waals surface area contributed by atoms with Crippen LogP contribution in [0.15, 0.2) is 63.8 Å². The van der Waals surface area contributed by atoms with Crippen molar-refractivity contribution in [3.63, 3.8) is 0 Å². The lowest BCUT2D eigenvalue weighted by molar-refractivity contribution is -0.159. The van der Waals surface area contributed by atoms with Crippen molar-refractivity contribution in [2.24, 2.45) is 0 Å². The van der Waals surface area contributed by atoms with Crippen LogP contribution in [0.3, 0.4) is 0 Å². The summed E-state index contributed by atoms with van der Waals surface area (Å²) >= 11 is 0. The summed E-state index contributed by atoms with van der Waals surface area (Å²) in [6.45, 7) is 6.00. The van der Waals surface area contributed by atoms with Gasteiger partial charge in [0.25, 0.3) is 0 Å². The smallest absolute Gasteiger partial charge is 0.343 e. The Labute approximate surface area is 152 Å². The summed E-state index contributed by atoms with van der Waals surface area (Å²) in [5.41, 5.74) is 1.46. The van der Waals surface area contributed by atoms with Crippen molar-refractivity contribution in [3.8, 4) is 5.75 Å². The first-order valence-electron chi connectivity index (χ1n) is 8.87. The van der Waals surface area contributed by atoms with Crippen LogP contribution in [0.2, 0.25) is 0 Å². The first-order chi connectivity index (χ1) is 12.4. The highest BCUT2D eigenvalue weighted by molar-refractivity contribution is 5.85. The van der Waals surface area contributed by atoms with Gasteiger partial charge in [-0.3, -0.25) is 0 Å². The van der Waals surface area contributed by atoms with Gasteiger partial charge in [0.1, 0.15) is 11.3 Å². The average molecular weight is 350 g/mol. The van der Waals surface area contributed by atoms with Gasteiger partial charge in [-0.05, 0) is 38.5 Å². The van der Waals surface area contributed by atoms with Crippen LogP contribution in [0.4, 0.5) is 0 Å². The van der Waals surface area contributed by atoms with E-state index < -0.39 is 6.29 Å². The number of benzene rings is 2. The van der Waals surface area contributed by atoms with E-state index in [4.69, 9.17) is 13.9 Å². The fourth-order valence-corrected chi connectivity index (χ4v) is 3.51. The van der Waals surface area contributed by atoms with E-state index in [0.29, 0.717) is 23.3 Å². The Hall–Kier alpha value is -2.59. The lowest BCUT2D eigenvalue weighted by Gasteiger charge is -2.35. The lowest BCUT2D eigenvalue weighted by Crippen LogP contribution is -2.37. The molecule has 0 bridgehead atoms. The summed E-state index contributed by atoms with van der Waals surface area (Å²) in [6.07, 6.45) is 0.134. The normalized spacial score (nSPS) is 19.8. The van der Waals surface area contributed by atoms with E-state index in [0.717, 1.165) is 10.9 Å². The van der Waals surface area contributed by atoms with Gasteiger partial charge in [0.2, 0.25) is 6.29 Å². The van der Waals surface area contributed by atoms with Gasteiger partial charge in [-0.25, -0.2) is 4.79 Å². The second kappa shape index (κ2) is 6.29. The molecule has 134 valence electrons. The standard InChI is InChI=1S/C22H22O4/c1-22(2,3)26-18-13-16(14-9-5-4-6-10-14)19-20(25-18)15-11-7-8-12-17(15)24-21(19)23/h4-12,16,18H,13H2,1-3H3/t16-,18+/m1/s1. The molecule has 3 aromatic rings. The van der Waals surface area contributed by atoms with E-state index in [1.807, 2.05) is 69.3 Å². The van der Waals surface area contributed by atoms with Crippen LogP contribution >= 0.6 is 0 Å². The van der Waals surface area contributed by atoms with Crippen molar-refractivity contribution < 1.29 is 13.9 Å². The van der Waals surface area contributed by atoms with Gasteiger partial charge in [-0.1, -0.05) is 42.5 Å². The fraction of sp³-hybridized carbons (Fsp3) is 0.318. The maximum absolute atomic E-state index is 12.8. The number of ether oxygens (including phenoxy) is 2. The minimum Gasteiger partial charge on any atom is -0.464 e. The van der Waals surface area contributed by atoms with Crippen molar-refractivity contribution in [3.05, 3.63) is 76.1 Å². The summed E-state index contributed by atoms with van der Waals surface area (Å²) in [5.74, 6) is 0.444.